The van der Waals surface area contributed by atoms with Gasteiger partial charge in [0.1, 0.15) is 5.75 Å². The largest absolute Gasteiger partial charge is 0.484 e. The minimum atomic E-state index is -0.0154. The number of benzene rings is 2. The zero-order chi connectivity index (χ0) is 13.8. The first-order valence-corrected chi connectivity index (χ1v) is 6.95. The van der Waals surface area contributed by atoms with Gasteiger partial charge >= 0.3 is 0 Å². The molecule has 2 rings (SSSR count). The molecule has 0 heterocycles. The topological polar surface area (TPSA) is 29.5 Å². The molecule has 19 heavy (non-hydrogen) atoms. The average molecular weight is 322 g/mol. The van der Waals surface area contributed by atoms with E-state index in [2.05, 4.69) is 22.0 Å². The summed E-state index contributed by atoms with van der Waals surface area (Å²) in [6.45, 7) is 2.70. The van der Waals surface area contributed by atoms with Crippen LogP contribution >= 0.6 is 15.9 Å². The predicted molar refractivity (Wildman–Crippen MR) is 80.5 cm³/mol. The van der Waals surface area contributed by atoms with Crippen LogP contribution in [0, 0.1) is 0 Å². The summed E-state index contributed by atoms with van der Waals surface area (Å²) in [5, 5.41) is 2.23. The van der Waals surface area contributed by atoms with E-state index >= 15 is 0 Å². The molecular formula is C15H16BrNO2. The number of hydrogen-bond donors (Lipinski definition) is 0. The summed E-state index contributed by atoms with van der Waals surface area (Å²) in [7, 11) is 1.77. The van der Waals surface area contributed by atoms with E-state index in [9.17, 15) is 4.79 Å². The van der Waals surface area contributed by atoms with Gasteiger partial charge < -0.3 is 9.64 Å². The lowest BCUT2D eigenvalue weighted by Gasteiger charge is -2.15. The molecule has 0 fully saturated rings. The van der Waals surface area contributed by atoms with E-state index in [1.54, 1.807) is 11.9 Å². The van der Waals surface area contributed by atoms with Crippen molar-refractivity contribution in [3.05, 3.63) is 40.9 Å². The second-order valence-electron chi connectivity index (χ2n) is 4.35. The predicted octanol–water partition coefficient (Wildman–Crippen LogP) is 3.46. The zero-order valence-corrected chi connectivity index (χ0v) is 12.6. The fraction of sp³-hybridized carbons (Fsp3) is 0.267. The Morgan fingerprint density at radius 1 is 1.21 bits per heavy atom. The Balaban J connectivity index is 2.09. The molecule has 0 atom stereocenters. The number of fused-ring (bicyclic) bond motifs is 1. The lowest BCUT2D eigenvalue weighted by atomic mass is 10.1. The van der Waals surface area contributed by atoms with Gasteiger partial charge in [-0.25, -0.2) is 0 Å². The lowest BCUT2D eigenvalue weighted by molar-refractivity contribution is -0.131. The first-order chi connectivity index (χ1) is 9.10. The molecule has 0 saturated carbocycles. The Hall–Kier alpha value is -1.55. The van der Waals surface area contributed by atoms with Crippen LogP contribution in [0.1, 0.15) is 6.92 Å². The quantitative estimate of drug-likeness (QED) is 0.863. The maximum absolute atomic E-state index is 11.7. The van der Waals surface area contributed by atoms with E-state index in [-0.39, 0.29) is 12.5 Å². The van der Waals surface area contributed by atoms with Crippen LogP contribution in [0.5, 0.6) is 5.75 Å². The fourth-order valence-corrected chi connectivity index (χ4v) is 2.09. The van der Waals surface area contributed by atoms with Gasteiger partial charge in [-0.1, -0.05) is 28.1 Å². The van der Waals surface area contributed by atoms with Crippen molar-refractivity contribution in [3.8, 4) is 5.75 Å². The van der Waals surface area contributed by atoms with Gasteiger partial charge in [-0.15, -0.1) is 0 Å². The van der Waals surface area contributed by atoms with Crippen molar-refractivity contribution >= 4 is 32.6 Å². The molecule has 4 heteroatoms. The first-order valence-electron chi connectivity index (χ1n) is 6.16. The van der Waals surface area contributed by atoms with Crippen molar-refractivity contribution in [2.45, 2.75) is 6.92 Å². The minimum Gasteiger partial charge on any atom is -0.484 e. The molecule has 0 aliphatic carbocycles. The van der Waals surface area contributed by atoms with E-state index in [0.29, 0.717) is 12.3 Å². The number of carbonyl (C=O) groups is 1. The Labute approximate surface area is 121 Å². The van der Waals surface area contributed by atoms with Crippen molar-refractivity contribution in [1.29, 1.82) is 0 Å². The molecule has 2 aromatic rings. The van der Waals surface area contributed by atoms with Gasteiger partial charge in [0.25, 0.3) is 5.91 Å². The summed E-state index contributed by atoms with van der Waals surface area (Å²) in [5.41, 5.74) is 0. The summed E-state index contributed by atoms with van der Waals surface area (Å²) in [4.78, 5) is 13.3. The van der Waals surface area contributed by atoms with Crippen molar-refractivity contribution in [3.63, 3.8) is 0 Å². The Morgan fingerprint density at radius 3 is 2.63 bits per heavy atom. The van der Waals surface area contributed by atoms with Crippen LogP contribution in [0.2, 0.25) is 0 Å². The van der Waals surface area contributed by atoms with E-state index in [1.807, 2.05) is 37.3 Å². The summed E-state index contributed by atoms with van der Waals surface area (Å²) in [6.07, 6.45) is 0. The Bertz CT molecular complexity index is 598. The van der Waals surface area contributed by atoms with Crippen LogP contribution < -0.4 is 4.74 Å². The summed E-state index contributed by atoms with van der Waals surface area (Å²) < 4.78 is 6.58. The van der Waals surface area contributed by atoms with E-state index in [1.165, 1.54) is 0 Å². The molecule has 3 nitrogen and oxygen atoms in total. The van der Waals surface area contributed by atoms with Gasteiger partial charge in [0, 0.05) is 18.1 Å². The molecule has 0 spiro atoms. The van der Waals surface area contributed by atoms with Crippen molar-refractivity contribution in [2.75, 3.05) is 20.2 Å². The molecule has 0 aliphatic heterocycles. The average Bonchev–Trinajstić information content (AvgIpc) is 2.43. The van der Waals surface area contributed by atoms with E-state index in [0.717, 1.165) is 15.2 Å². The highest BCUT2D eigenvalue weighted by Gasteiger charge is 2.07. The fourth-order valence-electron chi connectivity index (χ4n) is 1.72. The van der Waals surface area contributed by atoms with Gasteiger partial charge in [-0.3, -0.25) is 4.79 Å². The van der Waals surface area contributed by atoms with Gasteiger partial charge in [-0.05, 0) is 42.0 Å². The van der Waals surface area contributed by atoms with Gasteiger partial charge in [0.2, 0.25) is 0 Å². The normalized spacial score (nSPS) is 10.5. The summed E-state index contributed by atoms with van der Waals surface area (Å²) >= 11 is 3.44. The lowest BCUT2D eigenvalue weighted by Crippen LogP contribution is -2.31. The highest BCUT2D eigenvalue weighted by Crippen LogP contribution is 2.24. The van der Waals surface area contributed by atoms with Crippen LogP contribution in [0.3, 0.4) is 0 Å². The third kappa shape index (κ3) is 3.47. The number of amides is 1. The first kappa shape index (κ1) is 13.9. The molecule has 0 unspecified atom stereocenters. The molecule has 0 bridgehead atoms. The second kappa shape index (κ2) is 6.06. The zero-order valence-electron chi connectivity index (χ0n) is 11.0. The molecule has 0 radical (unpaired) electrons. The minimum absolute atomic E-state index is 0.0154. The molecule has 0 aliphatic rings. The molecule has 0 saturated heterocycles. The number of rotatable bonds is 4. The number of likely N-dealkylation sites (N-methyl/N-ethyl adjacent to an activating group) is 1. The number of halogens is 1. The van der Waals surface area contributed by atoms with Gasteiger partial charge in [0.15, 0.2) is 6.61 Å². The summed E-state index contributed by atoms with van der Waals surface area (Å²) in [6, 6.07) is 11.9. The highest BCUT2D eigenvalue weighted by molar-refractivity contribution is 9.10. The molecule has 2 aromatic carbocycles. The number of ether oxygens (including phenoxy) is 1. The third-order valence-electron chi connectivity index (χ3n) is 3.04. The highest BCUT2D eigenvalue weighted by atomic mass is 79.9. The number of hydrogen-bond acceptors (Lipinski definition) is 2. The smallest absolute Gasteiger partial charge is 0.260 e. The molecule has 0 aromatic heterocycles. The van der Waals surface area contributed by atoms with Crippen LogP contribution in [-0.4, -0.2) is 31.0 Å². The summed E-state index contributed by atoms with van der Waals surface area (Å²) in [5.74, 6) is 0.700. The standard InChI is InChI=1S/C15H16BrNO2/c1-3-17(2)15(18)10-19-14-7-5-11-8-13(16)6-4-12(11)9-14/h4-9H,3,10H2,1-2H3. The van der Waals surface area contributed by atoms with Gasteiger partial charge in [0.05, 0.1) is 0 Å². The maximum atomic E-state index is 11.7. The van der Waals surface area contributed by atoms with Crippen molar-refractivity contribution < 1.29 is 9.53 Å². The molecular weight excluding hydrogens is 306 g/mol. The van der Waals surface area contributed by atoms with Crippen molar-refractivity contribution in [1.82, 2.24) is 4.90 Å². The molecule has 1 amide bonds. The Kier molecular flexibility index (Phi) is 4.43. The van der Waals surface area contributed by atoms with E-state index in [4.69, 9.17) is 4.74 Å². The van der Waals surface area contributed by atoms with Crippen LogP contribution in [0.15, 0.2) is 40.9 Å². The van der Waals surface area contributed by atoms with E-state index < -0.39 is 0 Å². The molecule has 100 valence electrons. The third-order valence-corrected chi connectivity index (χ3v) is 3.53. The van der Waals surface area contributed by atoms with Crippen molar-refractivity contribution in [2.24, 2.45) is 0 Å². The Morgan fingerprint density at radius 2 is 1.89 bits per heavy atom. The maximum Gasteiger partial charge on any atom is 0.260 e. The number of carbonyl (C=O) groups excluding carboxylic acids is 1. The second-order valence-corrected chi connectivity index (χ2v) is 5.27. The van der Waals surface area contributed by atoms with Crippen LogP contribution in [-0.2, 0) is 4.79 Å². The SMILES string of the molecule is CCN(C)C(=O)COc1ccc2cc(Br)ccc2c1. The monoisotopic (exact) mass is 321 g/mol. The molecule has 0 N–H and O–H groups in total. The van der Waals surface area contributed by atoms with Crippen LogP contribution in [0.25, 0.3) is 10.8 Å². The van der Waals surface area contributed by atoms with Gasteiger partial charge in [-0.2, -0.15) is 0 Å². The number of nitrogens with zero attached hydrogens (tertiary/aromatic N) is 1. The van der Waals surface area contributed by atoms with Crippen LogP contribution in [0.4, 0.5) is 0 Å².